The van der Waals surface area contributed by atoms with Gasteiger partial charge < -0.3 is 4.74 Å². The molecule has 0 aliphatic heterocycles. The van der Waals surface area contributed by atoms with Crippen LogP contribution in [0.2, 0.25) is 0 Å². The summed E-state index contributed by atoms with van der Waals surface area (Å²) in [5, 5.41) is 0. The average Bonchev–Trinajstić information content (AvgIpc) is 2.15. The molecule has 0 aromatic rings. The van der Waals surface area contributed by atoms with Gasteiger partial charge in [0.2, 0.25) is 0 Å². The Morgan fingerprint density at radius 3 is 2.36 bits per heavy atom. The lowest BCUT2D eigenvalue weighted by Gasteiger charge is -2.11. The number of halogens is 1. The average molecular weight is 265 g/mol. The van der Waals surface area contributed by atoms with Crippen molar-refractivity contribution in [2.45, 2.75) is 38.4 Å². The van der Waals surface area contributed by atoms with E-state index in [0.717, 1.165) is 12.8 Å². The Morgan fingerprint density at radius 2 is 1.93 bits per heavy atom. The Bertz CT molecular complexity index is 202. The molecule has 0 aliphatic rings. The van der Waals surface area contributed by atoms with Crippen molar-refractivity contribution in [3.63, 3.8) is 0 Å². The zero-order valence-corrected chi connectivity index (χ0v) is 10.5. The second-order valence-corrected chi connectivity index (χ2v) is 4.49. The predicted octanol–water partition coefficient (Wildman–Crippen LogP) is 2.32. The topological polar surface area (TPSA) is 43.4 Å². The molecule has 4 heteroatoms. The van der Waals surface area contributed by atoms with Gasteiger partial charge in [-0.25, -0.2) is 4.79 Å². The summed E-state index contributed by atoms with van der Waals surface area (Å²) >= 11 is 3.17. The number of ketones is 1. The number of hydrogen-bond acceptors (Lipinski definition) is 3. The van der Waals surface area contributed by atoms with Gasteiger partial charge in [-0.05, 0) is 12.3 Å². The fourth-order valence-electron chi connectivity index (χ4n) is 0.796. The van der Waals surface area contributed by atoms with E-state index in [9.17, 15) is 9.59 Å². The molecule has 0 spiro atoms. The Labute approximate surface area is 93.3 Å². The summed E-state index contributed by atoms with van der Waals surface area (Å²) < 4.78 is 4.80. The molecule has 0 N–H and O–H groups in total. The molecule has 0 aliphatic carbocycles. The number of unbranched alkanes of at least 4 members (excludes halogenated alkanes) is 1. The molecular formula is C10H17BrO3. The SMILES string of the molecule is CCCCOC(=O)C(=O)C(Br)C(C)C. The normalized spacial score (nSPS) is 12.6. The predicted molar refractivity (Wildman–Crippen MR) is 58.4 cm³/mol. The van der Waals surface area contributed by atoms with Crippen LogP contribution in [0.25, 0.3) is 0 Å². The van der Waals surface area contributed by atoms with Crippen molar-refractivity contribution >= 4 is 27.7 Å². The second-order valence-electron chi connectivity index (χ2n) is 3.50. The van der Waals surface area contributed by atoms with Crippen molar-refractivity contribution in [3.8, 4) is 0 Å². The monoisotopic (exact) mass is 264 g/mol. The zero-order valence-electron chi connectivity index (χ0n) is 8.88. The van der Waals surface area contributed by atoms with Crippen LogP contribution in [0.3, 0.4) is 0 Å². The molecule has 14 heavy (non-hydrogen) atoms. The van der Waals surface area contributed by atoms with E-state index in [4.69, 9.17) is 4.74 Å². The Balaban J connectivity index is 3.93. The van der Waals surface area contributed by atoms with Crippen LogP contribution in [-0.2, 0) is 14.3 Å². The fourth-order valence-corrected chi connectivity index (χ4v) is 0.983. The smallest absolute Gasteiger partial charge is 0.375 e. The third-order valence-electron chi connectivity index (χ3n) is 1.77. The third kappa shape index (κ3) is 4.74. The number of Topliss-reactive ketones (excluding diaryl/α,β-unsaturated/α-hetero) is 1. The first-order valence-corrected chi connectivity index (χ1v) is 5.77. The fraction of sp³-hybridized carbons (Fsp3) is 0.800. The van der Waals surface area contributed by atoms with Gasteiger partial charge in [-0.1, -0.05) is 43.1 Å². The highest BCUT2D eigenvalue weighted by Gasteiger charge is 2.26. The van der Waals surface area contributed by atoms with E-state index in [2.05, 4.69) is 15.9 Å². The van der Waals surface area contributed by atoms with Gasteiger partial charge >= 0.3 is 5.97 Å². The Kier molecular flexibility index (Phi) is 6.79. The van der Waals surface area contributed by atoms with E-state index < -0.39 is 16.6 Å². The van der Waals surface area contributed by atoms with E-state index in [0.29, 0.717) is 6.61 Å². The lowest BCUT2D eigenvalue weighted by molar-refractivity contribution is -0.153. The van der Waals surface area contributed by atoms with Crippen LogP contribution in [0, 0.1) is 5.92 Å². The first-order valence-electron chi connectivity index (χ1n) is 4.85. The minimum atomic E-state index is -0.728. The third-order valence-corrected chi connectivity index (χ3v) is 3.24. The summed E-state index contributed by atoms with van der Waals surface area (Å²) in [5.41, 5.74) is 0. The van der Waals surface area contributed by atoms with Crippen molar-refractivity contribution in [2.75, 3.05) is 6.61 Å². The van der Waals surface area contributed by atoms with Crippen molar-refractivity contribution in [1.29, 1.82) is 0 Å². The lowest BCUT2D eigenvalue weighted by Crippen LogP contribution is -2.29. The van der Waals surface area contributed by atoms with Gasteiger partial charge in [0.25, 0.3) is 5.78 Å². The first kappa shape index (κ1) is 13.6. The van der Waals surface area contributed by atoms with Crippen LogP contribution in [0.1, 0.15) is 33.6 Å². The summed E-state index contributed by atoms with van der Waals surface area (Å²) in [6, 6.07) is 0. The molecule has 82 valence electrons. The number of ether oxygens (including phenoxy) is 1. The van der Waals surface area contributed by atoms with Gasteiger partial charge in [-0.3, -0.25) is 4.79 Å². The molecule has 0 bridgehead atoms. The van der Waals surface area contributed by atoms with Gasteiger partial charge in [0.15, 0.2) is 0 Å². The molecule has 0 aromatic heterocycles. The van der Waals surface area contributed by atoms with Crippen molar-refractivity contribution in [3.05, 3.63) is 0 Å². The molecule has 1 unspecified atom stereocenters. The lowest BCUT2D eigenvalue weighted by atomic mass is 10.1. The molecule has 0 amide bonds. The molecule has 0 rings (SSSR count). The number of esters is 1. The zero-order chi connectivity index (χ0) is 11.1. The quantitative estimate of drug-likeness (QED) is 0.320. The molecule has 3 nitrogen and oxygen atoms in total. The molecule has 0 saturated heterocycles. The van der Waals surface area contributed by atoms with Crippen molar-refractivity contribution in [1.82, 2.24) is 0 Å². The Morgan fingerprint density at radius 1 is 1.36 bits per heavy atom. The highest BCUT2D eigenvalue weighted by Crippen LogP contribution is 2.13. The van der Waals surface area contributed by atoms with Crippen molar-refractivity contribution < 1.29 is 14.3 Å². The standard InChI is InChI=1S/C10H17BrO3/c1-4-5-6-14-10(13)9(12)8(11)7(2)3/h7-8H,4-6H2,1-3H3. The van der Waals surface area contributed by atoms with Crippen LogP contribution < -0.4 is 0 Å². The highest BCUT2D eigenvalue weighted by atomic mass is 79.9. The summed E-state index contributed by atoms with van der Waals surface area (Å²) in [6.07, 6.45) is 1.75. The summed E-state index contributed by atoms with van der Waals surface area (Å²) in [7, 11) is 0. The second kappa shape index (κ2) is 6.98. The number of carbonyl (C=O) groups is 2. The molecule has 0 saturated carbocycles. The van der Waals surface area contributed by atoms with Crippen LogP contribution in [0.5, 0.6) is 0 Å². The van der Waals surface area contributed by atoms with Gasteiger partial charge in [0.1, 0.15) is 0 Å². The van der Waals surface area contributed by atoms with Gasteiger partial charge in [0, 0.05) is 0 Å². The number of alkyl halides is 1. The minimum Gasteiger partial charge on any atom is -0.460 e. The van der Waals surface area contributed by atoms with E-state index in [-0.39, 0.29) is 5.92 Å². The Hall–Kier alpha value is -0.380. The summed E-state index contributed by atoms with van der Waals surface area (Å²) in [4.78, 5) is 22.1. The van der Waals surface area contributed by atoms with Crippen LogP contribution in [-0.4, -0.2) is 23.2 Å². The van der Waals surface area contributed by atoms with Crippen molar-refractivity contribution in [2.24, 2.45) is 5.92 Å². The van der Waals surface area contributed by atoms with Gasteiger partial charge in [0.05, 0.1) is 11.4 Å². The van der Waals surface area contributed by atoms with Crippen LogP contribution in [0.4, 0.5) is 0 Å². The summed E-state index contributed by atoms with van der Waals surface area (Å²) in [5.74, 6) is -1.12. The minimum absolute atomic E-state index is 0.0984. The molecule has 0 heterocycles. The molecular weight excluding hydrogens is 248 g/mol. The van der Waals surface area contributed by atoms with Gasteiger partial charge in [-0.15, -0.1) is 0 Å². The van der Waals surface area contributed by atoms with Crippen LogP contribution in [0.15, 0.2) is 0 Å². The summed E-state index contributed by atoms with van der Waals surface area (Å²) in [6.45, 7) is 6.07. The van der Waals surface area contributed by atoms with Crippen LogP contribution >= 0.6 is 15.9 Å². The maximum Gasteiger partial charge on any atom is 0.375 e. The molecule has 1 atom stereocenters. The van der Waals surface area contributed by atoms with E-state index >= 15 is 0 Å². The first-order chi connectivity index (χ1) is 6.50. The highest BCUT2D eigenvalue weighted by molar-refractivity contribution is 9.10. The molecule has 0 fully saturated rings. The van der Waals surface area contributed by atoms with E-state index in [1.54, 1.807) is 0 Å². The number of rotatable bonds is 6. The van der Waals surface area contributed by atoms with E-state index in [1.807, 2.05) is 20.8 Å². The largest absolute Gasteiger partial charge is 0.460 e. The maximum atomic E-state index is 11.4. The molecule has 0 radical (unpaired) electrons. The number of carbonyl (C=O) groups excluding carboxylic acids is 2. The maximum absolute atomic E-state index is 11.4. The van der Waals surface area contributed by atoms with E-state index in [1.165, 1.54) is 0 Å². The molecule has 0 aromatic carbocycles. The van der Waals surface area contributed by atoms with Gasteiger partial charge in [-0.2, -0.15) is 0 Å². The number of hydrogen-bond donors (Lipinski definition) is 0.